The predicted octanol–water partition coefficient (Wildman–Crippen LogP) is 4.89. The van der Waals surface area contributed by atoms with E-state index in [1.807, 2.05) is 0 Å². The molecule has 8 nitrogen and oxygen atoms in total. The number of pyridine rings is 1. The molecule has 1 saturated carbocycles. The Labute approximate surface area is 185 Å². The van der Waals surface area contributed by atoms with E-state index < -0.39 is 17.5 Å². The normalized spacial score (nSPS) is 13.0. The van der Waals surface area contributed by atoms with Crippen LogP contribution in [-0.4, -0.2) is 21.8 Å². The van der Waals surface area contributed by atoms with Crippen molar-refractivity contribution in [2.45, 2.75) is 12.8 Å². The number of amides is 2. The van der Waals surface area contributed by atoms with Crippen molar-refractivity contribution in [2.75, 3.05) is 10.6 Å². The molecule has 2 N–H and O–H groups in total. The Balaban J connectivity index is 1.31. The number of anilines is 2. The van der Waals surface area contributed by atoms with Gasteiger partial charge in [-0.3, -0.25) is 9.59 Å². The van der Waals surface area contributed by atoms with Crippen molar-refractivity contribution in [2.24, 2.45) is 5.92 Å². The molecule has 33 heavy (non-hydrogen) atoms. The first-order valence-corrected chi connectivity index (χ1v) is 10.0. The predicted molar refractivity (Wildman–Crippen MR) is 114 cm³/mol. The van der Waals surface area contributed by atoms with Crippen molar-refractivity contribution in [3.63, 3.8) is 0 Å². The van der Waals surface area contributed by atoms with E-state index in [9.17, 15) is 18.4 Å². The zero-order valence-electron chi connectivity index (χ0n) is 17.0. The fourth-order valence-corrected chi connectivity index (χ4v) is 3.14. The van der Waals surface area contributed by atoms with Crippen molar-refractivity contribution in [1.29, 1.82) is 0 Å². The molecule has 1 aliphatic carbocycles. The highest BCUT2D eigenvalue weighted by Crippen LogP contribution is 2.32. The van der Waals surface area contributed by atoms with Crippen LogP contribution in [0.15, 0.2) is 59.5 Å². The summed E-state index contributed by atoms with van der Waals surface area (Å²) in [5, 5.41) is 4.99. The number of benzene rings is 2. The lowest BCUT2D eigenvalue weighted by Gasteiger charge is -2.11. The fraction of sp³-hybridized carbons (Fsp3) is 0.130. The fourth-order valence-electron chi connectivity index (χ4n) is 3.14. The summed E-state index contributed by atoms with van der Waals surface area (Å²) in [4.78, 5) is 32.3. The van der Waals surface area contributed by atoms with Crippen LogP contribution in [0.2, 0.25) is 0 Å². The van der Waals surface area contributed by atoms with Crippen molar-refractivity contribution in [1.82, 2.24) is 9.97 Å². The van der Waals surface area contributed by atoms with Gasteiger partial charge in [0, 0.05) is 35.9 Å². The molecule has 1 fully saturated rings. The molecule has 2 amide bonds. The smallest absolute Gasteiger partial charge is 0.255 e. The van der Waals surface area contributed by atoms with Gasteiger partial charge in [0.05, 0.1) is 5.69 Å². The average molecular weight is 450 g/mol. The van der Waals surface area contributed by atoms with Crippen molar-refractivity contribution in [3.05, 3.63) is 72.3 Å². The first kappa shape index (κ1) is 20.6. The topological polar surface area (TPSA) is 106 Å². The van der Waals surface area contributed by atoms with Gasteiger partial charge in [-0.15, -0.1) is 0 Å². The molecule has 0 saturated heterocycles. The summed E-state index contributed by atoms with van der Waals surface area (Å²) in [5.74, 6) is -2.56. The van der Waals surface area contributed by atoms with Crippen LogP contribution in [-0.2, 0) is 4.79 Å². The molecule has 2 aromatic carbocycles. The quantitative estimate of drug-likeness (QED) is 0.433. The van der Waals surface area contributed by atoms with E-state index in [-0.39, 0.29) is 40.4 Å². The molecule has 2 heterocycles. The molecule has 0 radical (unpaired) electrons. The van der Waals surface area contributed by atoms with Gasteiger partial charge in [-0.25, -0.2) is 18.7 Å². The van der Waals surface area contributed by atoms with E-state index in [0.29, 0.717) is 11.1 Å². The van der Waals surface area contributed by atoms with Gasteiger partial charge in [-0.2, -0.15) is 0 Å². The van der Waals surface area contributed by atoms with Crippen LogP contribution in [0.4, 0.5) is 20.3 Å². The Kier molecular flexibility index (Phi) is 5.17. The molecule has 4 aromatic rings. The molecule has 0 aliphatic heterocycles. The molecule has 5 rings (SSSR count). The van der Waals surface area contributed by atoms with Crippen LogP contribution in [0.3, 0.4) is 0 Å². The third-order valence-electron chi connectivity index (χ3n) is 5.02. The van der Waals surface area contributed by atoms with E-state index in [4.69, 9.17) is 9.15 Å². The second-order valence-electron chi connectivity index (χ2n) is 7.49. The van der Waals surface area contributed by atoms with Crippen LogP contribution in [0, 0.1) is 17.6 Å². The molecule has 0 bridgehead atoms. The van der Waals surface area contributed by atoms with Gasteiger partial charge >= 0.3 is 0 Å². The number of halogens is 2. The highest BCUT2D eigenvalue weighted by molar-refractivity contribution is 6.05. The number of aromatic nitrogens is 2. The summed E-state index contributed by atoms with van der Waals surface area (Å²) in [6, 6.07) is 9.03. The van der Waals surface area contributed by atoms with E-state index in [2.05, 4.69) is 20.6 Å². The molecule has 10 heteroatoms. The number of nitrogens with zero attached hydrogens (tertiary/aromatic N) is 2. The number of ether oxygens (including phenoxy) is 1. The molecule has 0 atom stereocenters. The maximum absolute atomic E-state index is 14.6. The largest absolute Gasteiger partial charge is 0.454 e. The third kappa shape index (κ3) is 4.49. The Hall–Kier alpha value is -4.34. The molecule has 166 valence electrons. The number of fused-ring (bicyclic) bond motifs is 1. The van der Waals surface area contributed by atoms with Crippen molar-refractivity contribution >= 4 is 34.4 Å². The minimum atomic E-state index is -0.892. The van der Waals surface area contributed by atoms with Gasteiger partial charge in [-0.05, 0) is 37.1 Å². The zero-order valence-corrected chi connectivity index (χ0v) is 17.0. The van der Waals surface area contributed by atoms with Gasteiger partial charge in [0.1, 0.15) is 17.1 Å². The Morgan fingerprint density at radius 2 is 1.85 bits per heavy atom. The molecule has 0 unspecified atom stereocenters. The number of carbonyl (C=O) groups excluding carboxylic acids is 2. The molecule has 2 aromatic heterocycles. The number of hydrogen-bond acceptors (Lipinski definition) is 6. The van der Waals surface area contributed by atoms with E-state index in [1.165, 1.54) is 36.9 Å². The summed E-state index contributed by atoms with van der Waals surface area (Å²) in [7, 11) is 0. The molecule has 1 aliphatic rings. The van der Waals surface area contributed by atoms with Crippen molar-refractivity contribution < 1.29 is 27.5 Å². The molecular weight excluding hydrogens is 434 g/mol. The van der Waals surface area contributed by atoms with Crippen LogP contribution in [0.5, 0.6) is 11.5 Å². The summed E-state index contributed by atoms with van der Waals surface area (Å²) in [6.45, 7) is 0. The van der Waals surface area contributed by atoms with E-state index >= 15 is 0 Å². The first-order valence-electron chi connectivity index (χ1n) is 10.0. The lowest BCUT2D eigenvalue weighted by Crippen LogP contribution is -2.14. The maximum Gasteiger partial charge on any atom is 0.255 e. The highest BCUT2D eigenvalue weighted by Gasteiger charge is 2.29. The zero-order chi connectivity index (χ0) is 22.9. The minimum absolute atomic E-state index is 0.0108. The van der Waals surface area contributed by atoms with E-state index in [0.717, 1.165) is 25.0 Å². The standard InChI is InChI=1S/C23H16F2N4O4/c24-15-10-19(33-14-5-6-26-21(8-14)29-22(30)12-1-2-12)16(25)9-18(15)28-23(31)13-3-4-17-20(7-13)32-11-27-17/h3-12H,1-2H2,(H,28,31)(H,26,29,30). The van der Waals surface area contributed by atoms with Crippen LogP contribution < -0.4 is 15.4 Å². The maximum atomic E-state index is 14.6. The van der Waals surface area contributed by atoms with Gasteiger partial charge < -0.3 is 19.8 Å². The highest BCUT2D eigenvalue weighted by atomic mass is 19.1. The van der Waals surface area contributed by atoms with Crippen LogP contribution in [0.1, 0.15) is 23.2 Å². The number of oxazole rings is 1. The summed E-state index contributed by atoms with van der Waals surface area (Å²) in [6.07, 6.45) is 4.30. The number of hydrogen-bond donors (Lipinski definition) is 2. The van der Waals surface area contributed by atoms with Gasteiger partial charge in [0.15, 0.2) is 29.4 Å². The van der Waals surface area contributed by atoms with Crippen LogP contribution >= 0.6 is 0 Å². The lowest BCUT2D eigenvalue weighted by molar-refractivity contribution is -0.117. The van der Waals surface area contributed by atoms with Gasteiger partial charge in [-0.1, -0.05) is 0 Å². The Morgan fingerprint density at radius 3 is 2.67 bits per heavy atom. The monoisotopic (exact) mass is 450 g/mol. The number of nitrogens with one attached hydrogen (secondary N) is 2. The molecule has 0 spiro atoms. The SMILES string of the molecule is O=C(Nc1cc(F)c(Oc2ccnc(NC(=O)C3CC3)c2)cc1F)c1ccc2ncoc2c1. The van der Waals surface area contributed by atoms with Crippen molar-refractivity contribution in [3.8, 4) is 11.5 Å². The third-order valence-corrected chi connectivity index (χ3v) is 5.02. The number of carbonyl (C=O) groups is 2. The van der Waals surface area contributed by atoms with Gasteiger partial charge in [0.25, 0.3) is 5.91 Å². The Bertz CT molecular complexity index is 1380. The summed E-state index contributed by atoms with van der Waals surface area (Å²) >= 11 is 0. The summed E-state index contributed by atoms with van der Waals surface area (Å²) < 4.78 is 39.8. The van der Waals surface area contributed by atoms with E-state index in [1.54, 1.807) is 6.07 Å². The second-order valence-corrected chi connectivity index (χ2v) is 7.49. The summed E-state index contributed by atoms with van der Waals surface area (Å²) in [5.41, 5.74) is 0.798. The second kappa shape index (κ2) is 8.30. The number of rotatable bonds is 6. The first-order chi connectivity index (χ1) is 16.0. The Morgan fingerprint density at radius 1 is 1.00 bits per heavy atom. The average Bonchev–Trinajstić information content (AvgIpc) is 3.55. The lowest BCUT2D eigenvalue weighted by atomic mass is 10.2. The minimum Gasteiger partial charge on any atom is -0.454 e. The van der Waals surface area contributed by atoms with Crippen LogP contribution in [0.25, 0.3) is 11.1 Å². The molecular formula is C23H16F2N4O4. The van der Waals surface area contributed by atoms with Gasteiger partial charge in [0.2, 0.25) is 5.91 Å².